The average Bonchev–Trinajstić information content (AvgIpc) is 2.56. The van der Waals surface area contributed by atoms with E-state index in [2.05, 4.69) is 55.5 Å². The molecule has 7 heteroatoms. The summed E-state index contributed by atoms with van der Waals surface area (Å²) in [6.45, 7) is 2.53. The van der Waals surface area contributed by atoms with Crippen LogP contribution in [0.25, 0.3) is 0 Å². The Kier molecular flexibility index (Phi) is 4.98. The smallest absolute Gasteiger partial charge is 0.237 e. The van der Waals surface area contributed by atoms with Crippen LogP contribution in [0, 0.1) is 7.40 Å². The van der Waals surface area contributed by atoms with Crippen LogP contribution in [-0.2, 0) is 11.3 Å². The quantitative estimate of drug-likeness (QED) is 0.660. The van der Waals surface area contributed by atoms with E-state index in [4.69, 9.17) is 5.73 Å². The van der Waals surface area contributed by atoms with Crippen LogP contribution in [0.3, 0.4) is 0 Å². The number of imidazole rings is 1. The maximum Gasteiger partial charge on any atom is 0.237 e. The topological polar surface area (TPSA) is 72.9 Å². The second-order valence-electron chi connectivity index (χ2n) is 3.72. The second-order valence-corrected chi connectivity index (χ2v) is 5.76. The van der Waals surface area contributed by atoms with Crippen molar-refractivity contribution in [2.45, 2.75) is 25.4 Å². The van der Waals surface area contributed by atoms with E-state index < -0.39 is 5.54 Å². The van der Waals surface area contributed by atoms with E-state index in [0.29, 0.717) is 13.0 Å². The van der Waals surface area contributed by atoms with Gasteiger partial charge in [-0.05, 0) is 65.6 Å². The van der Waals surface area contributed by atoms with Crippen LogP contribution in [0.1, 0.15) is 13.3 Å². The minimum Gasteiger partial charge on any atom is -0.368 e. The van der Waals surface area contributed by atoms with Crippen LogP contribution in [0.15, 0.2) is 6.33 Å². The molecule has 1 aromatic heterocycles. The highest BCUT2D eigenvalue weighted by atomic mass is 127. The number of rotatable bonds is 5. The minimum atomic E-state index is -0.668. The Bertz CT molecular complexity index is 393. The Labute approximate surface area is 122 Å². The fraction of sp³-hybridized carbons (Fsp3) is 0.556. The summed E-state index contributed by atoms with van der Waals surface area (Å²) >= 11 is 4.42. The Balaban J connectivity index is 2.70. The van der Waals surface area contributed by atoms with Crippen LogP contribution in [0.5, 0.6) is 0 Å². The van der Waals surface area contributed by atoms with Crippen LogP contribution >= 0.6 is 45.2 Å². The van der Waals surface area contributed by atoms with E-state index in [-0.39, 0.29) is 5.91 Å². The number of nitrogens with zero attached hydrogens (tertiary/aromatic N) is 2. The van der Waals surface area contributed by atoms with Gasteiger partial charge in [-0.2, -0.15) is 0 Å². The lowest BCUT2D eigenvalue weighted by molar-refractivity contribution is -0.123. The molecule has 0 aromatic carbocycles. The van der Waals surface area contributed by atoms with E-state index in [9.17, 15) is 4.79 Å². The molecule has 0 aliphatic heterocycles. The van der Waals surface area contributed by atoms with Crippen LogP contribution < -0.4 is 11.1 Å². The fourth-order valence-corrected chi connectivity index (χ4v) is 2.15. The van der Waals surface area contributed by atoms with E-state index in [1.54, 1.807) is 13.4 Å². The summed E-state index contributed by atoms with van der Waals surface area (Å²) < 4.78 is 4.07. The first-order valence-electron chi connectivity index (χ1n) is 4.75. The predicted octanol–water partition coefficient (Wildman–Crippen LogP) is 0.946. The van der Waals surface area contributed by atoms with Crippen molar-refractivity contribution in [1.82, 2.24) is 14.9 Å². The van der Waals surface area contributed by atoms with Crippen molar-refractivity contribution < 1.29 is 4.79 Å². The average molecular weight is 448 g/mol. The zero-order chi connectivity index (χ0) is 12.3. The molecule has 1 rings (SSSR count). The zero-order valence-electron chi connectivity index (χ0n) is 9.13. The first-order valence-corrected chi connectivity index (χ1v) is 6.91. The molecule has 1 atom stereocenters. The Morgan fingerprint density at radius 1 is 1.69 bits per heavy atom. The van der Waals surface area contributed by atoms with Gasteiger partial charge in [0.2, 0.25) is 5.91 Å². The van der Waals surface area contributed by atoms with E-state index in [0.717, 1.165) is 7.40 Å². The highest BCUT2D eigenvalue weighted by Crippen LogP contribution is 2.16. The summed E-state index contributed by atoms with van der Waals surface area (Å²) in [5.41, 5.74) is 4.69. The predicted molar refractivity (Wildman–Crippen MR) is 78.9 cm³/mol. The molecule has 0 aliphatic carbocycles. The van der Waals surface area contributed by atoms with Crippen molar-refractivity contribution in [3.05, 3.63) is 13.7 Å². The van der Waals surface area contributed by atoms with Gasteiger partial charge >= 0.3 is 0 Å². The van der Waals surface area contributed by atoms with Gasteiger partial charge in [0.15, 0.2) is 0 Å². The highest BCUT2D eigenvalue weighted by molar-refractivity contribution is 14.1. The van der Waals surface area contributed by atoms with Crippen LogP contribution in [0.4, 0.5) is 0 Å². The number of nitrogens with two attached hydrogens (primary N) is 1. The molecular weight excluding hydrogens is 434 g/mol. The molecule has 1 amide bonds. The summed E-state index contributed by atoms with van der Waals surface area (Å²) in [5.74, 6) is -0.333. The van der Waals surface area contributed by atoms with Crippen LogP contribution in [0.2, 0.25) is 0 Å². The molecule has 1 heterocycles. The zero-order valence-corrected chi connectivity index (χ0v) is 13.4. The first kappa shape index (κ1) is 14.2. The number of aryl methyl sites for hydroxylation is 1. The first-order chi connectivity index (χ1) is 7.40. The molecule has 0 fully saturated rings. The van der Waals surface area contributed by atoms with Crippen molar-refractivity contribution >= 4 is 51.1 Å². The van der Waals surface area contributed by atoms with Crippen molar-refractivity contribution in [1.29, 1.82) is 0 Å². The third-order valence-corrected chi connectivity index (χ3v) is 5.63. The number of nitrogens with one attached hydrogen (secondary N) is 1. The van der Waals surface area contributed by atoms with Gasteiger partial charge in [0.05, 0.1) is 11.9 Å². The monoisotopic (exact) mass is 448 g/mol. The number of hydrogen-bond acceptors (Lipinski definition) is 3. The van der Waals surface area contributed by atoms with Gasteiger partial charge in [-0.15, -0.1) is 0 Å². The number of carbonyl (C=O) groups is 1. The van der Waals surface area contributed by atoms with Crippen molar-refractivity contribution in [3.8, 4) is 0 Å². The van der Waals surface area contributed by atoms with Gasteiger partial charge in [-0.25, -0.2) is 4.98 Å². The molecule has 0 aliphatic rings. The normalized spacial score (nSPS) is 14.8. The largest absolute Gasteiger partial charge is 0.368 e. The summed E-state index contributed by atoms with van der Waals surface area (Å²) in [6, 6.07) is 0. The van der Waals surface area contributed by atoms with Gasteiger partial charge in [0, 0.05) is 6.54 Å². The van der Waals surface area contributed by atoms with Gasteiger partial charge in [0.1, 0.15) is 7.40 Å². The van der Waals surface area contributed by atoms with Crippen molar-refractivity contribution in [2.24, 2.45) is 5.73 Å². The molecule has 0 spiro atoms. The highest BCUT2D eigenvalue weighted by Gasteiger charge is 2.28. The van der Waals surface area contributed by atoms with Crippen molar-refractivity contribution in [3.63, 3.8) is 0 Å². The summed E-state index contributed by atoms with van der Waals surface area (Å²) in [5, 5.41) is 2.96. The van der Waals surface area contributed by atoms with E-state index in [1.807, 2.05) is 11.5 Å². The van der Waals surface area contributed by atoms with Gasteiger partial charge < -0.3 is 15.6 Å². The molecule has 0 saturated heterocycles. The molecular formula is C9H14I2N4O. The number of primary amides is 1. The minimum absolute atomic E-state index is 0.333. The van der Waals surface area contributed by atoms with Gasteiger partial charge in [0.25, 0.3) is 0 Å². The maximum atomic E-state index is 11.3. The number of halogens is 2. The lowest BCUT2D eigenvalue weighted by atomic mass is 9.97. The van der Waals surface area contributed by atoms with Crippen LogP contribution in [-0.4, -0.2) is 28.0 Å². The van der Waals surface area contributed by atoms with Gasteiger partial charge in [-0.1, -0.05) is 0 Å². The van der Waals surface area contributed by atoms with E-state index in [1.165, 1.54) is 0 Å². The van der Waals surface area contributed by atoms with Gasteiger partial charge in [-0.3, -0.25) is 4.79 Å². The number of hydrogen-bond donors (Lipinski definition) is 2. The molecule has 90 valence electrons. The standard InChI is InChI=1S/C9H14I2N4O/c1-9(13-2,8(12)16)3-4-15-5-14-6(10)7(15)11/h5,13H,3-4H2,1-2H3,(H2,12,16). The third kappa shape index (κ3) is 3.06. The lowest BCUT2D eigenvalue weighted by Gasteiger charge is -2.25. The number of aromatic nitrogens is 2. The molecule has 0 saturated carbocycles. The molecule has 16 heavy (non-hydrogen) atoms. The number of amides is 1. The maximum absolute atomic E-state index is 11.3. The molecule has 0 bridgehead atoms. The molecule has 3 N–H and O–H groups in total. The SMILES string of the molecule is CNC(C)(CCn1cnc(I)c1I)C(N)=O. The molecule has 0 radical (unpaired) electrons. The van der Waals surface area contributed by atoms with Crippen molar-refractivity contribution in [2.75, 3.05) is 7.05 Å². The number of carbonyl (C=O) groups excluding carboxylic acids is 1. The number of likely N-dealkylation sites (N-methyl/N-ethyl adjacent to an activating group) is 1. The molecule has 1 unspecified atom stereocenters. The third-order valence-electron chi connectivity index (χ3n) is 2.68. The second kappa shape index (κ2) is 5.63. The van der Waals surface area contributed by atoms with E-state index >= 15 is 0 Å². The Morgan fingerprint density at radius 3 is 2.69 bits per heavy atom. The molecule has 5 nitrogen and oxygen atoms in total. The fourth-order valence-electron chi connectivity index (χ4n) is 1.21. The summed E-state index contributed by atoms with van der Waals surface area (Å²) in [7, 11) is 1.74. The molecule has 1 aromatic rings. The Morgan fingerprint density at radius 2 is 2.31 bits per heavy atom. The Hall–Kier alpha value is 0.1000. The lowest BCUT2D eigenvalue weighted by Crippen LogP contribution is -2.52. The summed E-state index contributed by atoms with van der Waals surface area (Å²) in [4.78, 5) is 15.5. The summed E-state index contributed by atoms with van der Waals surface area (Å²) in [6.07, 6.45) is 2.42.